The number of ether oxygens (including phenoxy) is 2. The average molecular weight is 334 g/mol. The molecule has 0 fully saturated rings. The second kappa shape index (κ2) is 10.3. The van der Waals surface area contributed by atoms with Crippen molar-refractivity contribution in [2.45, 2.75) is 6.92 Å². The van der Waals surface area contributed by atoms with Crippen molar-refractivity contribution in [1.29, 1.82) is 5.26 Å². The lowest BCUT2D eigenvalue weighted by Crippen LogP contribution is -2.30. The summed E-state index contributed by atoms with van der Waals surface area (Å²) in [5, 5.41) is 28.0. The summed E-state index contributed by atoms with van der Waals surface area (Å²) in [5.74, 6) is -0.115. The van der Waals surface area contributed by atoms with Gasteiger partial charge in [-0.1, -0.05) is 0 Å². The molecule has 0 radical (unpaired) electrons. The summed E-state index contributed by atoms with van der Waals surface area (Å²) in [4.78, 5) is 13.7. The lowest BCUT2D eigenvalue weighted by Gasteiger charge is -2.27. The van der Waals surface area contributed by atoms with Gasteiger partial charge < -0.3 is 24.6 Å². The van der Waals surface area contributed by atoms with E-state index in [4.69, 9.17) is 9.47 Å². The number of aliphatic hydroxyl groups is 2. The zero-order chi connectivity index (χ0) is 17.9. The normalized spacial score (nSPS) is 11.3. The molecule has 7 nitrogen and oxygen atoms in total. The first kappa shape index (κ1) is 19.5. The van der Waals surface area contributed by atoms with Crippen LogP contribution in [0.4, 0.5) is 0 Å². The van der Waals surface area contributed by atoms with Crippen LogP contribution in [-0.2, 0) is 9.53 Å². The highest BCUT2D eigenvalue weighted by molar-refractivity contribution is 6.01. The third-order valence-corrected chi connectivity index (χ3v) is 3.25. The van der Waals surface area contributed by atoms with Crippen LogP contribution in [0.2, 0.25) is 0 Å². The third kappa shape index (κ3) is 4.98. The van der Waals surface area contributed by atoms with Crippen LogP contribution in [0.25, 0.3) is 5.70 Å². The van der Waals surface area contributed by atoms with Gasteiger partial charge in [-0.3, -0.25) is 0 Å². The summed E-state index contributed by atoms with van der Waals surface area (Å²) in [6.07, 6.45) is 0. The van der Waals surface area contributed by atoms with E-state index >= 15 is 0 Å². The fraction of sp³-hybridized carbons (Fsp3) is 0.412. The smallest absolute Gasteiger partial charge is 0.351 e. The van der Waals surface area contributed by atoms with Crippen molar-refractivity contribution in [2.24, 2.45) is 0 Å². The first-order valence-corrected chi connectivity index (χ1v) is 7.55. The number of carbonyl (C=O) groups excluding carboxylic acids is 1. The molecular formula is C17H22N2O5. The molecular weight excluding hydrogens is 312 g/mol. The van der Waals surface area contributed by atoms with Crippen LogP contribution in [0.5, 0.6) is 5.75 Å². The Kier molecular flexibility index (Phi) is 8.33. The molecule has 0 unspecified atom stereocenters. The van der Waals surface area contributed by atoms with E-state index in [1.165, 1.54) is 7.11 Å². The van der Waals surface area contributed by atoms with Crippen molar-refractivity contribution >= 4 is 11.7 Å². The number of esters is 1. The van der Waals surface area contributed by atoms with Gasteiger partial charge in [-0.2, -0.15) is 5.26 Å². The number of carbonyl (C=O) groups is 1. The van der Waals surface area contributed by atoms with Gasteiger partial charge in [0.15, 0.2) is 5.57 Å². The molecule has 130 valence electrons. The molecule has 0 spiro atoms. The van der Waals surface area contributed by atoms with Crippen molar-refractivity contribution in [3.63, 3.8) is 0 Å². The van der Waals surface area contributed by atoms with Gasteiger partial charge in [0.1, 0.15) is 11.8 Å². The number of hydrogen-bond acceptors (Lipinski definition) is 7. The molecule has 0 aliphatic heterocycles. The van der Waals surface area contributed by atoms with Gasteiger partial charge in [0.2, 0.25) is 0 Å². The van der Waals surface area contributed by atoms with Crippen LogP contribution in [0, 0.1) is 11.3 Å². The number of hydrogen-bond donors (Lipinski definition) is 2. The van der Waals surface area contributed by atoms with Crippen LogP contribution in [0.1, 0.15) is 12.5 Å². The largest absolute Gasteiger partial charge is 0.497 e. The maximum Gasteiger partial charge on any atom is 0.351 e. The zero-order valence-corrected chi connectivity index (χ0v) is 13.9. The molecule has 0 aromatic heterocycles. The molecule has 24 heavy (non-hydrogen) atoms. The van der Waals surface area contributed by atoms with E-state index in [0.29, 0.717) is 17.0 Å². The molecule has 2 N–H and O–H groups in total. The van der Waals surface area contributed by atoms with Crippen LogP contribution in [-0.4, -0.2) is 61.1 Å². The molecule has 0 aliphatic carbocycles. The monoisotopic (exact) mass is 334 g/mol. The maximum absolute atomic E-state index is 12.1. The fourth-order valence-corrected chi connectivity index (χ4v) is 2.21. The number of rotatable bonds is 9. The topological polar surface area (TPSA) is 103 Å². The predicted molar refractivity (Wildman–Crippen MR) is 87.9 cm³/mol. The highest BCUT2D eigenvalue weighted by atomic mass is 16.5. The van der Waals surface area contributed by atoms with Crippen LogP contribution < -0.4 is 4.74 Å². The van der Waals surface area contributed by atoms with Crippen molar-refractivity contribution < 1.29 is 24.5 Å². The van der Waals surface area contributed by atoms with Crippen LogP contribution >= 0.6 is 0 Å². The van der Waals surface area contributed by atoms with Crippen molar-refractivity contribution in [1.82, 2.24) is 4.90 Å². The summed E-state index contributed by atoms with van der Waals surface area (Å²) in [6.45, 7) is 1.72. The number of nitrogens with zero attached hydrogens (tertiary/aromatic N) is 2. The summed E-state index contributed by atoms with van der Waals surface area (Å²) in [6, 6.07) is 8.68. The second-order valence-electron chi connectivity index (χ2n) is 4.72. The Balaban J connectivity index is 3.47. The highest BCUT2D eigenvalue weighted by Gasteiger charge is 2.23. The van der Waals surface area contributed by atoms with Crippen molar-refractivity contribution in [3.8, 4) is 11.8 Å². The number of benzene rings is 1. The van der Waals surface area contributed by atoms with Gasteiger partial charge in [-0.15, -0.1) is 0 Å². The van der Waals surface area contributed by atoms with Crippen LogP contribution in [0.3, 0.4) is 0 Å². The molecule has 0 saturated heterocycles. The van der Waals surface area contributed by atoms with E-state index in [1.54, 1.807) is 36.1 Å². The Hall–Kier alpha value is -2.56. The summed E-state index contributed by atoms with van der Waals surface area (Å²) >= 11 is 0. The standard InChI is InChI=1S/C17H22N2O5/c1-3-24-17(22)15(12-18)16(19(8-10-20)9-11-21)13-4-6-14(23-2)7-5-13/h4-7,20-21H,3,8-11H2,1-2H3. The quantitative estimate of drug-likeness (QED) is 0.391. The molecule has 7 heteroatoms. The molecule has 0 bridgehead atoms. The van der Waals surface area contributed by atoms with E-state index in [2.05, 4.69) is 0 Å². The first-order valence-electron chi connectivity index (χ1n) is 7.55. The lowest BCUT2D eigenvalue weighted by molar-refractivity contribution is -0.138. The summed E-state index contributed by atoms with van der Waals surface area (Å²) in [7, 11) is 1.54. The molecule has 0 saturated carbocycles. The second-order valence-corrected chi connectivity index (χ2v) is 4.72. The van der Waals surface area contributed by atoms with Crippen molar-refractivity contribution in [2.75, 3.05) is 40.0 Å². The maximum atomic E-state index is 12.1. The molecule has 0 atom stereocenters. The van der Waals surface area contributed by atoms with Gasteiger partial charge in [0, 0.05) is 13.1 Å². The Morgan fingerprint density at radius 3 is 2.21 bits per heavy atom. The molecule has 0 amide bonds. The van der Waals surface area contributed by atoms with Gasteiger partial charge in [-0.05, 0) is 36.8 Å². The Morgan fingerprint density at radius 1 is 1.21 bits per heavy atom. The molecule has 1 rings (SSSR count). The van der Waals surface area contributed by atoms with E-state index < -0.39 is 5.97 Å². The fourth-order valence-electron chi connectivity index (χ4n) is 2.21. The molecule has 0 heterocycles. The molecule has 1 aromatic carbocycles. The van der Waals surface area contributed by atoms with Gasteiger partial charge in [-0.25, -0.2) is 4.79 Å². The lowest BCUT2D eigenvalue weighted by atomic mass is 10.0. The minimum Gasteiger partial charge on any atom is -0.497 e. The van der Waals surface area contributed by atoms with Gasteiger partial charge in [0.25, 0.3) is 0 Å². The molecule has 1 aromatic rings. The minimum atomic E-state index is -0.744. The summed E-state index contributed by atoms with van der Waals surface area (Å²) in [5.41, 5.74) is 0.716. The first-order chi connectivity index (χ1) is 11.6. The van der Waals surface area contributed by atoms with E-state index in [1.807, 2.05) is 6.07 Å². The van der Waals surface area contributed by atoms with Gasteiger partial charge in [0.05, 0.1) is 32.6 Å². The minimum absolute atomic E-state index is 0.139. The van der Waals surface area contributed by atoms with E-state index in [9.17, 15) is 20.3 Å². The SMILES string of the molecule is CCOC(=O)C(C#N)=C(c1ccc(OC)cc1)N(CCO)CCO. The number of nitriles is 1. The van der Waals surface area contributed by atoms with E-state index in [0.717, 1.165) is 0 Å². The van der Waals surface area contributed by atoms with Crippen molar-refractivity contribution in [3.05, 3.63) is 35.4 Å². The Labute approximate surface area is 141 Å². The highest BCUT2D eigenvalue weighted by Crippen LogP contribution is 2.26. The summed E-state index contributed by atoms with van der Waals surface area (Å²) < 4.78 is 10.1. The average Bonchev–Trinajstić information content (AvgIpc) is 2.60. The Morgan fingerprint density at radius 2 is 1.79 bits per heavy atom. The Bertz CT molecular complexity index is 598. The predicted octanol–water partition coefficient (Wildman–Crippen LogP) is 0.780. The number of methoxy groups -OCH3 is 1. The van der Waals surface area contributed by atoms with E-state index in [-0.39, 0.29) is 38.5 Å². The zero-order valence-electron chi connectivity index (χ0n) is 13.9. The third-order valence-electron chi connectivity index (χ3n) is 3.25. The molecule has 0 aliphatic rings. The van der Waals surface area contributed by atoms with Crippen LogP contribution in [0.15, 0.2) is 29.8 Å². The van der Waals surface area contributed by atoms with Gasteiger partial charge >= 0.3 is 5.97 Å². The number of aliphatic hydroxyl groups excluding tert-OH is 2.